The number of allylic oxidation sites excluding steroid dienone is 5. The van der Waals surface area contributed by atoms with Crippen LogP contribution in [-0.2, 0) is 0 Å². The second kappa shape index (κ2) is 5.72. The van der Waals surface area contributed by atoms with E-state index in [9.17, 15) is 0 Å². The van der Waals surface area contributed by atoms with Crippen LogP contribution in [0.5, 0.6) is 0 Å². The molecular formula is C16H16. The van der Waals surface area contributed by atoms with Gasteiger partial charge in [0.15, 0.2) is 0 Å². The molecule has 0 amide bonds. The highest BCUT2D eigenvalue weighted by Gasteiger charge is 1.99. The summed E-state index contributed by atoms with van der Waals surface area (Å²) < 4.78 is 0. The van der Waals surface area contributed by atoms with Crippen molar-refractivity contribution < 1.29 is 0 Å². The molecular weight excluding hydrogens is 192 g/mol. The number of hydrogen-bond acceptors (Lipinski definition) is 0. The molecule has 0 heterocycles. The van der Waals surface area contributed by atoms with Crippen molar-refractivity contribution in [3.8, 4) is 0 Å². The second-order valence-electron chi connectivity index (χ2n) is 3.43. The molecule has 1 aromatic carbocycles. The summed E-state index contributed by atoms with van der Waals surface area (Å²) in [4.78, 5) is 0. The quantitative estimate of drug-likeness (QED) is 0.618. The Bertz CT molecular complexity index is 459. The van der Waals surface area contributed by atoms with Crippen LogP contribution in [0, 0.1) is 0 Å². The molecule has 1 rings (SSSR count). The van der Waals surface area contributed by atoms with E-state index in [4.69, 9.17) is 0 Å². The summed E-state index contributed by atoms with van der Waals surface area (Å²) in [6.45, 7) is 15.2. The molecule has 0 fully saturated rings. The van der Waals surface area contributed by atoms with Gasteiger partial charge in [0.1, 0.15) is 0 Å². The van der Waals surface area contributed by atoms with E-state index in [0.29, 0.717) is 0 Å². The maximum atomic E-state index is 3.96. The first kappa shape index (κ1) is 12.0. The van der Waals surface area contributed by atoms with Crippen molar-refractivity contribution in [1.29, 1.82) is 0 Å². The fraction of sp³-hybridized carbons (Fsp3) is 0. The highest BCUT2D eigenvalue weighted by Crippen LogP contribution is 2.20. The van der Waals surface area contributed by atoms with Crippen LogP contribution in [0.15, 0.2) is 74.4 Å². The molecule has 0 heteroatoms. The Hall–Kier alpha value is -2.08. The fourth-order valence-corrected chi connectivity index (χ4v) is 1.31. The monoisotopic (exact) mass is 208 g/mol. The molecule has 0 bridgehead atoms. The summed E-state index contributed by atoms with van der Waals surface area (Å²) >= 11 is 0. The molecule has 0 aliphatic carbocycles. The molecule has 0 aliphatic rings. The first-order chi connectivity index (χ1) is 7.69. The van der Waals surface area contributed by atoms with E-state index in [1.54, 1.807) is 12.2 Å². The molecule has 0 nitrogen and oxygen atoms in total. The molecule has 0 aliphatic heterocycles. The third-order valence-electron chi connectivity index (χ3n) is 2.29. The SMILES string of the molecule is C=CC(=C)/C=C\c1ccccc1C(=C)C=C. The minimum atomic E-state index is 0.888. The van der Waals surface area contributed by atoms with Crippen LogP contribution in [-0.4, -0.2) is 0 Å². The van der Waals surface area contributed by atoms with Gasteiger partial charge in [-0.15, -0.1) is 0 Å². The standard InChI is InChI=1S/C16H16/c1-5-13(3)11-12-15-9-7-8-10-16(15)14(4)6-2/h5-12H,1-4H2/b12-11-. The predicted octanol–water partition coefficient (Wildman–Crippen LogP) is 4.64. The Morgan fingerprint density at radius 1 is 1.00 bits per heavy atom. The third kappa shape index (κ3) is 2.96. The smallest absolute Gasteiger partial charge is 0.0118 e. The molecule has 0 spiro atoms. The van der Waals surface area contributed by atoms with E-state index in [2.05, 4.69) is 26.3 Å². The van der Waals surface area contributed by atoms with Gasteiger partial charge < -0.3 is 0 Å². The zero-order valence-electron chi connectivity index (χ0n) is 9.45. The van der Waals surface area contributed by atoms with Crippen molar-refractivity contribution in [2.45, 2.75) is 0 Å². The van der Waals surface area contributed by atoms with Crippen LogP contribution in [0.4, 0.5) is 0 Å². The van der Waals surface area contributed by atoms with Crippen molar-refractivity contribution in [2.24, 2.45) is 0 Å². The minimum absolute atomic E-state index is 0.888. The Morgan fingerprint density at radius 2 is 1.69 bits per heavy atom. The summed E-state index contributed by atoms with van der Waals surface area (Å²) in [6, 6.07) is 8.05. The van der Waals surface area contributed by atoms with Gasteiger partial charge in [0.25, 0.3) is 0 Å². The molecule has 80 valence electrons. The van der Waals surface area contributed by atoms with Crippen LogP contribution < -0.4 is 0 Å². The van der Waals surface area contributed by atoms with Crippen LogP contribution in [0.2, 0.25) is 0 Å². The van der Waals surface area contributed by atoms with Crippen molar-refractivity contribution >= 4 is 11.6 Å². The first-order valence-corrected chi connectivity index (χ1v) is 5.09. The van der Waals surface area contributed by atoms with E-state index >= 15 is 0 Å². The van der Waals surface area contributed by atoms with Gasteiger partial charge in [0.05, 0.1) is 0 Å². The van der Waals surface area contributed by atoms with E-state index in [1.165, 1.54) is 0 Å². The molecule has 0 saturated heterocycles. The van der Waals surface area contributed by atoms with Gasteiger partial charge >= 0.3 is 0 Å². The fourth-order valence-electron chi connectivity index (χ4n) is 1.31. The lowest BCUT2D eigenvalue weighted by molar-refractivity contribution is 1.58. The van der Waals surface area contributed by atoms with Gasteiger partial charge in [-0.05, 0) is 22.3 Å². The molecule has 0 radical (unpaired) electrons. The zero-order valence-corrected chi connectivity index (χ0v) is 9.45. The second-order valence-corrected chi connectivity index (χ2v) is 3.43. The summed E-state index contributed by atoms with van der Waals surface area (Å²) in [5.41, 5.74) is 4.00. The van der Waals surface area contributed by atoms with Crippen molar-refractivity contribution in [2.75, 3.05) is 0 Å². The van der Waals surface area contributed by atoms with E-state index in [0.717, 1.165) is 22.3 Å². The van der Waals surface area contributed by atoms with Gasteiger partial charge in [-0.2, -0.15) is 0 Å². The molecule has 0 atom stereocenters. The Morgan fingerprint density at radius 3 is 2.31 bits per heavy atom. The summed E-state index contributed by atoms with van der Waals surface area (Å²) in [5.74, 6) is 0. The largest absolute Gasteiger partial charge is 0.0985 e. The van der Waals surface area contributed by atoms with Crippen LogP contribution in [0.1, 0.15) is 11.1 Å². The summed E-state index contributed by atoms with van der Waals surface area (Å²) in [7, 11) is 0. The lowest BCUT2D eigenvalue weighted by atomic mass is 10.00. The van der Waals surface area contributed by atoms with Crippen LogP contribution >= 0.6 is 0 Å². The van der Waals surface area contributed by atoms with E-state index in [-0.39, 0.29) is 0 Å². The predicted molar refractivity (Wildman–Crippen MR) is 74.0 cm³/mol. The minimum Gasteiger partial charge on any atom is -0.0985 e. The van der Waals surface area contributed by atoms with Gasteiger partial charge in [-0.25, -0.2) is 0 Å². The summed E-state index contributed by atoms with van der Waals surface area (Å²) in [5, 5.41) is 0. The first-order valence-electron chi connectivity index (χ1n) is 5.09. The number of rotatable bonds is 5. The molecule has 0 aromatic heterocycles. The van der Waals surface area contributed by atoms with Gasteiger partial charge in [0.2, 0.25) is 0 Å². The summed E-state index contributed by atoms with van der Waals surface area (Å²) in [6.07, 6.45) is 7.42. The maximum absolute atomic E-state index is 3.96. The molecule has 1 aromatic rings. The van der Waals surface area contributed by atoms with E-state index < -0.39 is 0 Å². The third-order valence-corrected chi connectivity index (χ3v) is 2.29. The Labute approximate surface area is 97.6 Å². The van der Waals surface area contributed by atoms with Crippen LogP contribution in [0.25, 0.3) is 11.6 Å². The average molecular weight is 208 g/mol. The molecule has 0 saturated carbocycles. The van der Waals surface area contributed by atoms with Crippen molar-refractivity contribution in [1.82, 2.24) is 0 Å². The Balaban J connectivity index is 3.09. The van der Waals surface area contributed by atoms with Crippen LogP contribution in [0.3, 0.4) is 0 Å². The normalized spacial score (nSPS) is 10.0. The lowest BCUT2D eigenvalue weighted by Gasteiger charge is -2.05. The van der Waals surface area contributed by atoms with Crippen molar-refractivity contribution in [3.63, 3.8) is 0 Å². The van der Waals surface area contributed by atoms with Gasteiger partial charge in [-0.1, -0.05) is 74.9 Å². The highest BCUT2D eigenvalue weighted by atomic mass is 14.0. The van der Waals surface area contributed by atoms with Gasteiger partial charge in [-0.3, -0.25) is 0 Å². The van der Waals surface area contributed by atoms with Crippen molar-refractivity contribution in [3.05, 3.63) is 85.5 Å². The lowest BCUT2D eigenvalue weighted by Crippen LogP contribution is -1.84. The zero-order chi connectivity index (χ0) is 12.0. The van der Waals surface area contributed by atoms with Gasteiger partial charge in [0, 0.05) is 0 Å². The average Bonchev–Trinajstić information content (AvgIpc) is 2.35. The van der Waals surface area contributed by atoms with E-state index in [1.807, 2.05) is 36.4 Å². The molecule has 0 unspecified atom stereocenters. The molecule has 16 heavy (non-hydrogen) atoms. The Kier molecular flexibility index (Phi) is 4.28. The number of hydrogen-bond donors (Lipinski definition) is 0. The highest BCUT2D eigenvalue weighted by molar-refractivity contribution is 5.78. The molecule has 0 N–H and O–H groups in total. The number of benzene rings is 1. The maximum Gasteiger partial charge on any atom is -0.0118 e. The topological polar surface area (TPSA) is 0 Å².